The molecule has 28 heavy (non-hydrogen) atoms. The molecule has 4 rings (SSSR count). The highest BCUT2D eigenvalue weighted by Gasteiger charge is 2.03. The van der Waals surface area contributed by atoms with Gasteiger partial charge in [-0.25, -0.2) is 9.97 Å². The van der Waals surface area contributed by atoms with Crippen molar-refractivity contribution < 1.29 is 0 Å². The molecule has 0 radical (unpaired) electrons. The van der Waals surface area contributed by atoms with Crippen molar-refractivity contribution in [2.24, 2.45) is 0 Å². The van der Waals surface area contributed by atoms with Crippen LogP contribution in [0.3, 0.4) is 0 Å². The molecule has 138 valence electrons. The van der Waals surface area contributed by atoms with Crippen molar-refractivity contribution in [1.82, 2.24) is 20.2 Å². The normalized spacial score (nSPS) is 10.5. The first-order chi connectivity index (χ1) is 13.7. The Morgan fingerprint density at radius 3 is 1.89 bits per heavy atom. The SMILES string of the molecule is Cc1cc(C)nc(Nc2ccc(Nc3ccc(-c4ccccc4)nn3)cc2)n1. The Kier molecular flexibility index (Phi) is 4.93. The predicted octanol–water partition coefficient (Wildman–Crippen LogP) is 5.04. The Morgan fingerprint density at radius 2 is 1.29 bits per heavy atom. The first-order valence-corrected chi connectivity index (χ1v) is 9.01. The molecule has 0 atom stereocenters. The Bertz CT molecular complexity index is 1040. The Hall–Kier alpha value is -3.80. The average Bonchev–Trinajstić information content (AvgIpc) is 2.70. The van der Waals surface area contributed by atoms with E-state index in [-0.39, 0.29) is 0 Å². The van der Waals surface area contributed by atoms with E-state index in [1.54, 1.807) is 0 Å². The van der Waals surface area contributed by atoms with E-state index in [0.29, 0.717) is 11.8 Å². The molecule has 0 aliphatic heterocycles. The molecule has 0 unspecified atom stereocenters. The van der Waals surface area contributed by atoms with Crippen molar-refractivity contribution in [2.75, 3.05) is 10.6 Å². The van der Waals surface area contributed by atoms with Crippen LogP contribution in [0.4, 0.5) is 23.1 Å². The minimum absolute atomic E-state index is 0.598. The maximum Gasteiger partial charge on any atom is 0.227 e. The fourth-order valence-electron chi connectivity index (χ4n) is 2.86. The molecule has 0 saturated carbocycles. The molecule has 0 saturated heterocycles. The Morgan fingerprint density at radius 1 is 0.643 bits per heavy atom. The van der Waals surface area contributed by atoms with Crippen LogP contribution in [-0.2, 0) is 0 Å². The summed E-state index contributed by atoms with van der Waals surface area (Å²) in [6.07, 6.45) is 0. The molecule has 4 aromatic rings. The van der Waals surface area contributed by atoms with Gasteiger partial charge >= 0.3 is 0 Å². The first-order valence-electron chi connectivity index (χ1n) is 9.01. The summed E-state index contributed by atoms with van der Waals surface area (Å²) in [5.74, 6) is 1.29. The third-order valence-electron chi connectivity index (χ3n) is 4.13. The summed E-state index contributed by atoms with van der Waals surface area (Å²) in [6.45, 7) is 3.91. The lowest BCUT2D eigenvalue weighted by molar-refractivity contribution is 1.04. The lowest BCUT2D eigenvalue weighted by Gasteiger charge is -2.09. The second kappa shape index (κ2) is 7.84. The highest BCUT2D eigenvalue weighted by Crippen LogP contribution is 2.21. The molecule has 2 aromatic heterocycles. The fraction of sp³-hybridized carbons (Fsp3) is 0.0909. The van der Waals surface area contributed by atoms with Crippen LogP contribution in [0.25, 0.3) is 11.3 Å². The highest BCUT2D eigenvalue weighted by molar-refractivity contribution is 5.64. The Labute approximate surface area is 163 Å². The van der Waals surface area contributed by atoms with E-state index >= 15 is 0 Å². The summed E-state index contributed by atoms with van der Waals surface area (Å²) in [7, 11) is 0. The number of aromatic nitrogens is 4. The number of nitrogens with zero attached hydrogens (tertiary/aromatic N) is 4. The van der Waals surface area contributed by atoms with Crippen LogP contribution in [0, 0.1) is 13.8 Å². The monoisotopic (exact) mass is 368 g/mol. The quantitative estimate of drug-likeness (QED) is 0.514. The highest BCUT2D eigenvalue weighted by atomic mass is 15.2. The van der Waals surface area contributed by atoms with Crippen molar-refractivity contribution in [3.05, 3.63) is 84.2 Å². The van der Waals surface area contributed by atoms with E-state index in [1.165, 1.54) is 0 Å². The van der Waals surface area contributed by atoms with E-state index in [0.717, 1.165) is 34.0 Å². The first kappa shape index (κ1) is 17.6. The molecule has 0 amide bonds. The van der Waals surface area contributed by atoms with Crippen LogP contribution in [0.5, 0.6) is 0 Å². The van der Waals surface area contributed by atoms with Gasteiger partial charge in [-0.1, -0.05) is 30.3 Å². The summed E-state index contributed by atoms with van der Waals surface area (Å²) < 4.78 is 0. The maximum atomic E-state index is 4.40. The molecule has 0 aliphatic rings. The van der Waals surface area contributed by atoms with Crippen LogP contribution in [0.15, 0.2) is 72.8 Å². The van der Waals surface area contributed by atoms with Gasteiger partial charge in [0.1, 0.15) is 0 Å². The predicted molar refractivity (Wildman–Crippen MR) is 112 cm³/mol. The maximum absolute atomic E-state index is 4.40. The number of rotatable bonds is 5. The molecule has 0 spiro atoms. The number of hydrogen-bond acceptors (Lipinski definition) is 6. The summed E-state index contributed by atoms with van der Waals surface area (Å²) >= 11 is 0. The van der Waals surface area contributed by atoms with Crippen LogP contribution < -0.4 is 10.6 Å². The number of nitrogens with one attached hydrogen (secondary N) is 2. The minimum atomic E-state index is 0.598. The molecule has 2 heterocycles. The van der Waals surface area contributed by atoms with Crippen molar-refractivity contribution in [1.29, 1.82) is 0 Å². The van der Waals surface area contributed by atoms with E-state index in [1.807, 2.05) is 86.6 Å². The lowest BCUT2D eigenvalue weighted by atomic mass is 10.1. The minimum Gasteiger partial charge on any atom is -0.339 e. The molecule has 6 nitrogen and oxygen atoms in total. The molecular weight excluding hydrogens is 348 g/mol. The number of anilines is 4. The molecule has 0 bridgehead atoms. The van der Waals surface area contributed by atoms with Gasteiger partial charge in [-0.15, -0.1) is 10.2 Å². The van der Waals surface area contributed by atoms with Gasteiger partial charge in [0.25, 0.3) is 0 Å². The van der Waals surface area contributed by atoms with E-state index in [2.05, 4.69) is 30.8 Å². The zero-order valence-corrected chi connectivity index (χ0v) is 15.7. The van der Waals surface area contributed by atoms with Gasteiger partial charge in [0.15, 0.2) is 5.82 Å². The van der Waals surface area contributed by atoms with Gasteiger partial charge in [0.2, 0.25) is 5.95 Å². The van der Waals surface area contributed by atoms with Gasteiger partial charge < -0.3 is 10.6 Å². The zero-order valence-electron chi connectivity index (χ0n) is 15.7. The summed E-state index contributed by atoms with van der Waals surface area (Å²) in [5.41, 5.74) is 5.61. The van der Waals surface area contributed by atoms with Gasteiger partial charge in [-0.2, -0.15) is 0 Å². The van der Waals surface area contributed by atoms with E-state index in [9.17, 15) is 0 Å². The van der Waals surface area contributed by atoms with Crippen LogP contribution >= 0.6 is 0 Å². The summed E-state index contributed by atoms with van der Waals surface area (Å²) in [6, 6.07) is 23.7. The van der Waals surface area contributed by atoms with E-state index in [4.69, 9.17) is 0 Å². The summed E-state index contributed by atoms with van der Waals surface area (Å²) in [5, 5.41) is 15.0. The number of hydrogen-bond donors (Lipinski definition) is 2. The average molecular weight is 368 g/mol. The fourth-order valence-corrected chi connectivity index (χ4v) is 2.86. The topological polar surface area (TPSA) is 75.6 Å². The van der Waals surface area contributed by atoms with Gasteiger partial charge in [-0.3, -0.25) is 0 Å². The van der Waals surface area contributed by atoms with Crippen molar-refractivity contribution in [2.45, 2.75) is 13.8 Å². The van der Waals surface area contributed by atoms with Crippen molar-refractivity contribution in [3.63, 3.8) is 0 Å². The third-order valence-corrected chi connectivity index (χ3v) is 4.13. The van der Waals surface area contributed by atoms with Gasteiger partial charge in [0, 0.05) is 28.3 Å². The Balaban J connectivity index is 1.43. The molecule has 2 N–H and O–H groups in total. The molecule has 0 aliphatic carbocycles. The van der Waals surface area contributed by atoms with Crippen LogP contribution in [0.1, 0.15) is 11.4 Å². The second-order valence-electron chi connectivity index (χ2n) is 6.47. The standard InChI is InChI=1S/C22H20N6/c1-15-14-16(2)24-22(23-15)26-19-10-8-18(9-11-19)25-21-13-12-20(27-28-21)17-6-4-3-5-7-17/h3-14H,1-2H3,(H,25,28)(H,23,24,26). The summed E-state index contributed by atoms with van der Waals surface area (Å²) in [4.78, 5) is 8.79. The van der Waals surface area contributed by atoms with Gasteiger partial charge in [-0.05, 0) is 56.3 Å². The number of aryl methyl sites for hydroxylation is 2. The molecule has 6 heteroatoms. The molecular formula is C22H20N6. The lowest BCUT2D eigenvalue weighted by Crippen LogP contribution is -2.00. The van der Waals surface area contributed by atoms with Crippen molar-refractivity contribution >= 4 is 23.1 Å². The third kappa shape index (κ3) is 4.29. The molecule has 2 aromatic carbocycles. The van der Waals surface area contributed by atoms with Crippen LogP contribution in [0.2, 0.25) is 0 Å². The smallest absolute Gasteiger partial charge is 0.227 e. The van der Waals surface area contributed by atoms with E-state index < -0.39 is 0 Å². The zero-order chi connectivity index (χ0) is 19.3. The number of benzene rings is 2. The van der Waals surface area contributed by atoms with Crippen LogP contribution in [-0.4, -0.2) is 20.2 Å². The largest absolute Gasteiger partial charge is 0.339 e. The van der Waals surface area contributed by atoms with Gasteiger partial charge in [0.05, 0.1) is 5.69 Å². The molecule has 0 fully saturated rings. The van der Waals surface area contributed by atoms with Crippen molar-refractivity contribution in [3.8, 4) is 11.3 Å². The second-order valence-corrected chi connectivity index (χ2v) is 6.47.